The average Bonchev–Trinajstić information content (AvgIpc) is 2.56. The Morgan fingerprint density at radius 3 is 1.42 bits per heavy atom. The number of carbonyl (C=O) groups is 2. The van der Waals surface area contributed by atoms with Crippen LogP contribution in [0.2, 0.25) is 0 Å². The molecule has 0 aliphatic carbocycles. The lowest BCUT2D eigenvalue weighted by Crippen LogP contribution is -2.10. The van der Waals surface area contributed by atoms with Crippen LogP contribution in [0.1, 0.15) is 25.0 Å². The van der Waals surface area contributed by atoms with E-state index >= 15 is 0 Å². The first-order valence-electron chi connectivity index (χ1n) is 8.35. The SMILES string of the molecule is CCOC(=O)Oc1ccc(-c2ccc(OC(=O)OCC)cc2C)c(C)c1. The van der Waals surface area contributed by atoms with Gasteiger partial charge in [0.15, 0.2) is 0 Å². The first-order chi connectivity index (χ1) is 12.4. The Morgan fingerprint density at radius 1 is 0.731 bits per heavy atom. The van der Waals surface area contributed by atoms with E-state index in [-0.39, 0.29) is 13.2 Å². The summed E-state index contributed by atoms with van der Waals surface area (Å²) < 4.78 is 19.8. The Kier molecular flexibility index (Phi) is 6.60. The van der Waals surface area contributed by atoms with Crippen molar-refractivity contribution in [3.63, 3.8) is 0 Å². The number of ether oxygens (including phenoxy) is 4. The Bertz CT molecular complexity index is 729. The van der Waals surface area contributed by atoms with E-state index < -0.39 is 12.3 Å². The van der Waals surface area contributed by atoms with E-state index in [1.165, 1.54) is 0 Å². The minimum Gasteiger partial charge on any atom is -0.434 e. The van der Waals surface area contributed by atoms with Crippen LogP contribution in [0.5, 0.6) is 11.5 Å². The maximum atomic E-state index is 11.4. The highest BCUT2D eigenvalue weighted by Gasteiger charge is 2.11. The number of benzene rings is 2. The van der Waals surface area contributed by atoms with Crippen molar-refractivity contribution in [2.75, 3.05) is 13.2 Å². The van der Waals surface area contributed by atoms with Gasteiger partial charge < -0.3 is 18.9 Å². The Balaban J connectivity index is 2.20. The van der Waals surface area contributed by atoms with Crippen molar-refractivity contribution in [1.82, 2.24) is 0 Å². The molecule has 138 valence electrons. The van der Waals surface area contributed by atoms with Gasteiger partial charge in [-0.2, -0.15) is 0 Å². The smallest absolute Gasteiger partial charge is 0.434 e. The zero-order chi connectivity index (χ0) is 19.1. The topological polar surface area (TPSA) is 71.1 Å². The average molecular weight is 358 g/mol. The fourth-order valence-corrected chi connectivity index (χ4v) is 2.49. The molecule has 0 aromatic heterocycles. The van der Waals surface area contributed by atoms with Crippen molar-refractivity contribution in [3.8, 4) is 22.6 Å². The number of rotatable bonds is 5. The van der Waals surface area contributed by atoms with Crippen molar-refractivity contribution in [2.24, 2.45) is 0 Å². The van der Waals surface area contributed by atoms with Crippen molar-refractivity contribution < 1.29 is 28.5 Å². The van der Waals surface area contributed by atoms with Crippen molar-refractivity contribution in [2.45, 2.75) is 27.7 Å². The molecule has 0 saturated carbocycles. The number of hydrogen-bond donors (Lipinski definition) is 0. The van der Waals surface area contributed by atoms with Gasteiger partial charge in [-0.25, -0.2) is 9.59 Å². The Labute approximate surface area is 152 Å². The highest BCUT2D eigenvalue weighted by molar-refractivity contribution is 5.73. The monoisotopic (exact) mass is 358 g/mol. The lowest BCUT2D eigenvalue weighted by molar-refractivity contribution is 0.103. The summed E-state index contributed by atoms with van der Waals surface area (Å²) in [7, 11) is 0. The highest BCUT2D eigenvalue weighted by Crippen LogP contribution is 2.31. The van der Waals surface area contributed by atoms with E-state index in [0.717, 1.165) is 22.3 Å². The Morgan fingerprint density at radius 2 is 1.12 bits per heavy atom. The summed E-state index contributed by atoms with van der Waals surface area (Å²) in [6.45, 7) is 7.80. The van der Waals surface area contributed by atoms with E-state index in [1.54, 1.807) is 38.1 Å². The fraction of sp³-hybridized carbons (Fsp3) is 0.300. The molecule has 6 heteroatoms. The number of aryl methyl sites for hydroxylation is 2. The maximum absolute atomic E-state index is 11.4. The molecule has 0 aliphatic heterocycles. The molecule has 0 heterocycles. The molecule has 0 aliphatic rings. The van der Waals surface area contributed by atoms with Gasteiger partial charge >= 0.3 is 12.3 Å². The van der Waals surface area contributed by atoms with Gasteiger partial charge in [0, 0.05) is 0 Å². The predicted molar refractivity (Wildman–Crippen MR) is 96.7 cm³/mol. The van der Waals surface area contributed by atoms with E-state index in [4.69, 9.17) is 18.9 Å². The van der Waals surface area contributed by atoms with Gasteiger partial charge in [0.05, 0.1) is 13.2 Å². The highest BCUT2D eigenvalue weighted by atomic mass is 16.7. The van der Waals surface area contributed by atoms with Crippen molar-refractivity contribution >= 4 is 12.3 Å². The van der Waals surface area contributed by atoms with Gasteiger partial charge in [-0.05, 0) is 74.2 Å². The summed E-state index contributed by atoms with van der Waals surface area (Å²) in [5.74, 6) is 0.842. The van der Waals surface area contributed by atoms with Crippen LogP contribution in [0.25, 0.3) is 11.1 Å². The summed E-state index contributed by atoms with van der Waals surface area (Å²) in [6, 6.07) is 10.7. The van der Waals surface area contributed by atoms with Crippen LogP contribution in [0.3, 0.4) is 0 Å². The van der Waals surface area contributed by atoms with Crippen LogP contribution in [0.4, 0.5) is 9.59 Å². The van der Waals surface area contributed by atoms with Gasteiger partial charge in [-0.15, -0.1) is 0 Å². The molecule has 2 aromatic rings. The number of hydrogen-bond acceptors (Lipinski definition) is 6. The summed E-state index contributed by atoms with van der Waals surface area (Å²) in [6.07, 6.45) is -1.45. The van der Waals surface area contributed by atoms with Crippen LogP contribution < -0.4 is 9.47 Å². The number of carbonyl (C=O) groups excluding carboxylic acids is 2. The molecular weight excluding hydrogens is 336 g/mol. The molecule has 0 unspecified atom stereocenters. The van der Waals surface area contributed by atoms with Gasteiger partial charge in [0.2, 0.25) is 0 Å². The first kappa shape index (κ1) is 19.3. The molecule has 0 saturated heterocycles. The lowest BCUT2D eigenvalue weighted by atomic mass is 9.96. The molecule has 0 amide bonds. The van der Waals surface area contributed by atoms with E-state index in [1.807, 2.05) is 26.0 Å². The quantitative estimate of drug-likeness (QED) is 0.551. The summed E-state index contributed by atoms with van der Waals surface area (Å²) >= 11 is 0. The molecule has 0 atom stereocenters. The molecule has 2 aromatic carbocycles. The minimum absolute atomic E-state index is 0.259. The third kappa shape index (κ3) is 4.99. The normalized spacial score (nSPS) is 10.2. The molecule has 6 nitrogen and oxygen atoms in total. The summed E-state index contributed by atoms with van der Waals surface area (Å²) in [4.78, 5) is 22.8. The molecule has 26 heavy (non-hydrogen) atoms. The standard InChI is InChI=1S/C20H22O6/c1-5-23-19(21)25-15-7-9-17(13(3)11-15)18-10-8-16(12-14(18)4)26-20(22)24-6-2/h7-12H,5-6H2,1-4H3. The van der Waals surface area contributed by atoms with Crippen LogP contribution in [-0.4, -0.2) is 25.5 Å². The van der Waals surface area contributed by atoms with Crippen LogP contribution >= 0.6 is 0 Å². The largest absolute Gasteiger partial charge is 0.513 e. The predicted octanol–water partition coefficient (Wildman–Crippen LogP) is 5.04. The van der Waals surface area contributed by atoms with Gasteiger partial charge in [-0.3, -0.25) is 0 Å². The third-order valence-corrected chi connectivity index (χ3v) is 3.61. The molecular formula is C20H22O6. The van der Waals surface area contributed by atoms with Crippen molar-refractivity contribution in [3.05, 3.63) is 47.5 Å². The van der Waals surface area contributed by atoms with Crippen molar-refractivity contribution in [1.29, 1.82) is 0 Å². The first-order valence-corrected chi connectivity index (χ1v) is 8.35. The second-order valence-corrected chi connectivity index (χ2v) is 5.52. The van der Waals surface area contributed by atoms with Gasteiger partial charge in [-0.1, -0.05) is 12.1 Å². The van der Waals surface area contributed by atoms with E-state index in [9.17, 15) is 9.59 Å². The maximum Gasteiger partial charge on any atom is 0.513 e. The van der Waals surface area contributed by atoms with Crippen LogP contribution in [0.15, 0.2) is 36.4 Å². The van der Waals surface area contributed by atoms with E-state index in [2.05, 4.69) is 0 Å². The molecule has 0 fully saturated rings. The third-order valence-electron chi connectivity index (χ3n) is 3.61. The fourth-order valence-electron chi connectivity index (χ4n) is 2.49. The summed E-state index contributed by atoms with van der Waals surface area (Å²) in [5, 5.41) is 0. The lowest BCUT2D eigenvalue weighted by Gasteiger charge is -2.13. The minimum atomic E-state index is -0.726. The molecule has 0 bridgehead atoms. The zero-order valence-electron chi connectivity index (χ0n) is 15.3. The van der Waals surface area contributed by atoms with Crippen LogP contribution in [0, 0.1) is 13.8 Å². The summed E-state index contributed by atoms with van der Waals surface area (Å²) in [5.41, 5.74) is 3.85. The van der Waals surface area contributed by atoms with Gasteiger partial charge in [0.25, 0.3) is 0 Å². The molecule has 0 N–H and O–H groups in total. The zero-order valence-corrected chi connectivity index (χ0v) is 15.3. The molecule has 0 radical (unpaired) electrons. The second-order valence-electron chi connectivity index (χ2n) is 5.52. The molecule has 2 rings (SSSR count). The van der Waals surface area contributed by atoms with Crippen LogP contribution in [-0.2, 0) is 9.47 Å². The second kappa shape index (κ2) is 8.89. The Hall–Kier alpha value is -3.02. The molecule has 0 spiro atoms. The van der Waals surface area contributed by atoms with Gasteiger partial charge in [0.1, 0.15) is 11.5 Å². The van der Waals surface area contributed by atoms with E-state index in [0.29, 0.717) is 11.5 Å².